The number of hydrogen-bond donors (Lipinski definition) is 0. The van der Waals surface area contributed by atoms with Crippen LogP contribution >= 0.6 is 0 Å². The number of ether oxygens (including phenoxy) is 2. The van der Waals surface area contributed by atoms with E-state index in [1.54, 1.807) is 13.8 Å². The van der Waals surface area contributed by atoms with Crippen molar-refractivity contribution in [3.63, 3.8) is 0 Å². The van der Waals surface area contributed by atoms with Gasteiger partial charge in [0.2, 0.25) is 0 Å². The summed E-state index contributed by atoms with van der Waals surface area (Å²) in [6.45, 7) is 5.25. The fraction of sp³-hybridized carbons (Fsp3) is 0.522. The summed E-state index contributed by atoms with van der Waals surface area (Å²) >= 11 is 0. The molecule has 1 aliphatic heterocycles. The van der Waals surface area contributed by atoms with E-state index >= 15 is 0 Å². The second-order valence-electron chi connectivity index (χ2n) is 8.02. The summed E-state index contributed by atoms with van der Waals surface area (Å²) in [5.41, 5.74) is 1.52. The molecule has 2 aliphatic rings. The van der Waals surface area contributed by atoms with Gasteiger partial charge in [0, 0.05) is 24.7 Å². The molecule has 30 heavy (non-hydrogen) atoms. The van der Waals surface area contributed by atoms with E-state index in [2.05, 4.69) is 5.10 Å². The highest BCUT2D eigenvalue weighted by atomic mass is 16.5. The zero-order chi connectivity index (χ0) is 21.1. The van der Waals surface area contributed by atoms with E-state index in [-0.39, 0.29) is 17.9 Å². The summed E-state index contributed by atoms with van der Waals surface area (Å²) < 4.78 is 12.9. The minimum Gasteiger partial charge on any atom is -0.481 e. The van der Waals surface area contributed by atoms with Gasteiger partial charge in [0.05, 0.1) is 12.6 Å². The molecule has 0 spiro atoms. The van der Waals surface area contributed by atoms with Crippen molar-refractivity contribution in [1.82, 2.24) is 14.7 Å². The first-order valence-corrected chi connectivity index (χ1v) is 10.8. The molecule has 7 heteroatoms. The van der Waals surface area contributed by atoms with Gasteiger partial charge in [-0.3, -0.25) is 9.48 Å². The lowest BCUT2D eigenvalue weighted by Gasteiger charge is -2.34. The number of aromatic nitrogens is 2. The molecule has 160 valence electrons. The van der Waals surface area contributed by atoms with Crippen LogP contribution in [0.3, 0.4) is 0 Å². The summed E-state index contributed by atoms with van der Waals surface area (Å²) in [5, 5.41) is 4.59. The molecule has 2 aromatic rings. The minimum atomic E-state index is -0.522. The van der Waals surface area contributed by atoms with E-state index in [1.807, 2.05) is 46.0 Å². The second-order valence-corrected chi connectivity index (χ2v) is 8.02. The van der Waals surface area contributed by atoms with Gasteiger partial charge in [0.15, 0.2) is 11.8 Å². The largest absolute Gasteiger partial charge is 0.481 e. The summed E-state index contributed by atoms with van der Waals surface area (Å²) in [4.78, 5) is 26.8. The van der Waals surface area contributed by atoms with E-state index in [0.717, 1.165) is 31.4 Å². The molecule has 0 unspecified atom stereocenters. The molecule has 1 atom stereocenters. The monoisotopic (exact) mass is 411 g/mol. The number of para-hydroxylation sites is 1. The van der Waals surface area contributed by atoms with Crippen molar-refractivity contribution in [3.8, 4) is 5.75 Å². The van der Waals surface area contributed by atoms with Crippen molar-refractivity contribution in [2.45, 2.75) is 57.6 Å². The van der Waals surface area contributed by atoms with Gasteiger partial charge in [-0.05, 0) is 57.7 Å². The number of esters is 1. The summed E-state index contributed by atoms with van der Waals surface area (Å²) in [5.74, 6) is 0.829. The van der Waals surface area contributed by atoms with Gasteiger partial charge >= 0.3 is 5.97 Å². The lowest BCUT2D eigenvalue weighted by atomic mass is 10.0. The highest BCUT2D eigenvalue weighted by Gasteiger charge is 2.34. The van der Waals surface area contributed by atoms with Crippen molar-refractivity contribution < 1.29 is 19.1 Å². The Labute approximate surface area is 177 Å². The van der Waals surface area contributed by atoms with Crippen molar-refractivity contribution in [2.24, 2.45) is 0 Å². The second kappa shape index (κ2) is 8.90. The highest BCUT2D eigenvalue weighted by molar-refractivity contribution is 5.87. The summed E-state index contributed by atoms with van der Waals surface area (Å²) in [6.07, 6.45) is 3.38. The molecule has 2 heterocycles. The van der Waals surface area contributed by atoms with Crippen LogP contribution in [0.25, 0.3) is 0 Å². The first kappa shape index (κ1) is 20.4. The topological polar surface area (TPSA) is 73.7 Å². The molecule has 1 aromatic carbocycles. The van der Waals surface area contributed by atoms with Gasteiger partial charge < -0.3 is 14.4 Å². The third-order valence-electron chi connectivity index (χ3n) is 5.77. The van der Waals surface area contributed by atoms with Crippen molar-refractivity contribution in [1.29, 1.82) is 0 Å². The molecule has 0 radical (unpaired) electrons. The Morgan fingerprint density at radius 1 is 1.13 bits per heavy atom. The van der Waals surface area contributed by atoms with Crippen molar-refractivity contribution >= 4 is 11.9 Å². The zero-order valence-electron chi connectivity index (χ0n) is 17.6. The Morgan fingerprint density at radius 3 is 2.47 bits per heavy atom. The quantitative estimate of drug-likeness (QED) is 0.651. The fourth-order valence-corrected chi connectivity index (χ4v) is 4.03. The summed E-state index contributed by atoms with van der Waals surface area (Å²) in [6, 6.07) is 11.5. The van der Waals surface area contributed by atoms with Crippen LogP contribution in [0.4, 0.5) is 0 Å². The van der Waals surface area contributed by atoms with E-state index in [4.69, 9.17) is 9.47 Å². The van der Waals surface area contributed by atoms with Crippen LogP contribution in [0.5, 0.6) is 5.75 Å². The third-order valence-corrected chi connectivity index (χ3v) is 5.77. The smallest absolute Gasteiger partial charge is 0.358 e. The fourth-order valence-electron chi connectivity index (χ4n) is 4.03. The Kier molecular flexibility index (Phi) is 6.06. The number of amides is 1. The van der Waals surface area contributed by atoms with Crippen LogP contribution < -0.4 is 4.74 Å². The first-order chi connectivity index (χ1) is 14.6. The van der Waals surface area contributed by atoms with Crippen LogP contribution in [-0.2, 0) is 9.53 Å². The average molecular weight is 412 g/mol. The van der Waals surface area contributed by atoms with Gasteiger partial charge in [-0.15, -0.1) is 0 Å². The Morgan fingerprint density at radius 2 is 1.83 bits per heavy atom. The number of piperidine rings is 1. The predicted octanol–water partition coefficient (Wildman–Crippen LogP) is 3.57. The lowest BCUT2D eigenvalue weighted by Crippen LogP contribution is -2.45. The Balaban J connectivity index is 1.38. The lowest BCUT2D eigenvalue weighted by molar-refractivity contribution is -0.139. The van der Waals surface area contributed by atoms with Crippen LogP contribution in [0.2, 0.25) is 0 Å². The molecule has 7 nitrogen and oxygen atoms in total. The molecule has 2 fully saturated rings. The molecular weight excluding hydrogens is 382 g/mol. The van der Waals surface area contributed by atoms with Crippen LogP contribution in [0.1, 0.15) is 67.7 Å². The molecule has 1 saturated carbocycles. The van der Waals surface area contributed by atoms with E-state index < -0.39 is 6.10 Å². The first-order valence-electron chi connectivity index (χ1n) is 10.8. The predicted molar refractivity (Wildman–Crippen MR) is 112 cm³/mol. The molecule has 1 aromatic heterocycles. The minimum absolute atomic E-state index is 0.00685. The molecule has 0 N–H and O–H groups in total. The number of likely N-dealkylation sites (tertiary alicyclic amines) is 1. The van der Waals surface area contributed by atoms with Crippen molar-refractivity contribution in [2.75, 3.05) is 19.7 Å². The maximum absolute atomic E-state index is 12.8. The zero-order valence-corrected chi connectivity index (χ0v) is 17.6. The van der Waals surface area contributed by atoms with Gasteiger partial charge in [0.1, 0.15) is 5.75 Å². The number of benzene rings is 1. The van der Waals surface area contributed by atoms with E-state index in [0.29, 0.717) is 37.1 Å². The number of hydrogen-bond acceptors (Lipinski definition) is 5. The van der Waals surface area contributed by atoms with Crippen LogP contribution in [-0.4, -0.2) is 52.4 Å². The normalized spacial score (nSPS) is 18.1. The third kappa shape index (κ3) is 4.50. The number of nitrogens with zero attached hydrogens (tertiary/aromatic N) is 3. The molecular formula is C23H29N3O4. The molecule has 1 saturated heterocycles. The van der Waals surface area contributed by atoms with Crippen LogP contribution in [0.15, 0.2) is 36.4 Å². The van der Waals surface area contributed by atoms with Gasteiger partial charge in [-0.2, -0.15) is 5.10 Å². The SMILES string of the molecule is CCOC(=O)c1cc(C2CC2)n(C2CCN(C(=O)[C@@H](C)Oc3ccccc3)CC2)n1. The van der Waals surface area contributed by atoms with Gasteiger partial charge in [-0.1, -0.05) is 18.2 Å². The molecule has 4 rings (SSSR count). The van der Waals surface area contributed by atoms with Gasteiger partial charge in [0.25, 0.3) is 5.91 Å². The average Bonchev–Trinajstić information content (AvgIpc) is 3.52. The van der Waals surface area contributed by atoms with E-state index in [1.165, 1.54) is 0 Å². The van der Waals surface area contributed by atoms with Crippen LogP contribution in [0, 0.1) is 0 Å². The molecule has 0 bridgehead atoms. The van der Waals surface area contributed by atoms with Gasteiger partial charge in [-0.25, -0.2) is 4.79 Å². The van der Waals surface area contributed by atoms with Crippen molar-refractivity contribution in [3.05, 3.63) is 47.8 Å². The number of carbonyl (C=O) groups is 2. The maximum Gasteiger partial charge on any atom is 0.358 e. The summed E-state index contributed by atoms with van der Waals surface area (Å²) in [7, 11) is 0. The highest BCUT2D eigenvalue weighted by Crippen LogP contribution is 2.42. The number of rotatable bonds is 7. The maximum atomic E-state index is 12.8. The van der Waals surface area contributed by atoms with E-state index in [9.17, 15) is 9.59 Å². The molecule has 1 aliphatic carbocycles. The Hall–Kier alpha value is -2.83. The standard InChI is InChI=1S/C23H29N3O4/c1-3-29-23(28)20-15-21(17-9-10-17)26(24-20)18-11-13-25(14-12-18)22(27)16(2)30-19-7-5-4-6-8-19/h4-8,15-18H,3,9-14H2,1-2H3/t16-/m1/s1. The Bertz CT molecular complexity index is 883. The molecule has 1 amide bonds. The number of carbonyl (C=O) groups excluding carboxylic acids is 2.